The van der Waals surface area contributed by atoms with E-state index in [1.165, 1.54) is 4.90 Å². The van der Waals surface area contributed by atoms with Crippen molar-refractivity contribution < 1.29 is 14.7 Å². The van der Waals surface area contributed by atoms with Crippen molar-refractivity contribution >= 4 is 40.1 Å². The Balaban J connectivity index is 1.68. The summed E-state index contributed by atoms with van der Waals surface area (Å²) in [6.07, 6.45) is 0.0648. The van der Waals surface area contributed by atoms with E-state index in [0.29, 0.717) is 11.4 Å². The van der Waals surface area contributed by atoms with E-state index in [4.69, 9.17) is 5.73 Å². The zero-order valence-corrected chi connectivity index (χ0v) is 15.4. The summed E-state index contributed by atoms with van der Waals surface area (Å²) in [6, 6.07) is 15.3. The summed E-state index contributed by atoms with van der Waals surface area (Å²) < 4.78 is 0. The Kier molecular flexibility index (Phi) is 5.56. The van der Waals surface area contributed by atoms with Gasteiger partial charge in [0.25, 0.3) is 0 Å². The molecule has 0 bridgehead atoms. The van der Waals surface area contributed by atoms with Crippen molar-refractivity contribution in [3.8, 4) is 5.75 Å². The molecule has 3 rings (SSSR count). The number of imide groups is 1. The van der Waals surface area contributed by atoms with Gasteiger partial charge in [0.2, 0.25) is 11.8 Å². The number of carbonyl (C=O) groups is 2. The SMILES string of the molecule is C/C(=N/N=C(N)S[C@@H]1CC(=O)N(c2ccccc2)C1=O)c1ccc(O)cc1. The largest absolute Gasteiger partial charge is 0.508 e. The number of amidine groups is 1. The van der Waals surface area contributed by atoms with Crippen LogP contribution in [0.5, 0.6) is 5.75 Å². The van der Waals surface area contributed by atoms with Crippen LogP contribution in [0.15, 0.2) is 64.8 Å². The van der Waals surface area contributed by atoms with Gasteiger partial charge >= 0.3 is 0 Å². The zero-order valence-electron chi connectivity index (χ0n) is 14.6. The molecule has 3 N–H and O–H groups in total. The predicted octanol–water partition coefficient (Wildman–Crippen LogP) is 2.50. The second-order valence-electron chi connectivity index (χ2n) is 5.88. The fourth-order valence-electron chi connectivity index (χ4n) is 2.60. The number of phenolic OH excluding ortho intramolecular Hbond substituents is 1. The third kappa shape index (κ3) is 4.35. The molecule has 0 saturated carbocycles. The van der Waals surface area contributed by atoms with E-state index in [2.05, 4.69) is 10.2 Å². The van der Waals surface area contributed by atoms with Crippen LogP contribution in [0.3, 0.4) is 0 Å². The number of nitrogens with zero attached hydrogens (tertiary/aromatic N) is 3. The zero-order chi connectivity index (χ0) is 19.4. The molecule has 27 heavy (non-hydrogen) atoms. The number of benzene rings is 2. The average molecular weight is 382 g/mol. The molecule has 1 saturated heterocycles. The highest BCUT2D eigenvalue weighted by Gasteiger charge is 2.40. The number of hydrogen-bond acceptors (Lipinski definition) is 6. The summed E-state index contributed by atoms with van der Waals surface area (Å²) in [6.45, 7) is 1.76. The number of hydrogen-bond donors (Lipinski definition) is 2. The molecule has 138 valence electrons. The minimum absolute atomic E-state index is 0.0648. The van der Waals surface area contributed by atoms with E-state index in [1.807, 2.05) is 6.07 Å². The molecule has 2 aromatic carbocycles. The lowest BCUT2D eigenvalue weighted by atomic mass is 10.1. The van der Waals surface area contributed by atoms with Crippen LogP contribution in [0.1, 0.15) is 18.9 Å². The molecule has 1 atom stereocenters. The van der Waals surface area contributed by atoms with Crippen molar-refractivity contribution in [1.29, 1.82) is 0 Å². The molecule has 8 heteroatoms. The monoisotopic (exact) mass is 382 g/mol. The first-order chi connectivity index (χ1) is 13.0. The Morgan fingerprint density at radius 3 is 2.44 bits per heavy atom. The van der Waals surface area contributed by atoms with E-state index in [1.54, 1.807) is 55.5 Å². The van der Waals surface area contributed by atoms with Gasteiger partial charge in [-0.05, 0) is 48.9 Å². The first-order valence-electron chi connectivity index (χ1n) is 8.21. The highest BCUT2D eigenvalue weighted by Crippen LogP contribution is 2.29. The van der Waals surface area contributed by atoms with Gasteiger partial charge < -0.3 is 10.8 Å². The number of amides is 2. The lowest BCUT2D eigenvalue weighted by Gasteiger charge is -2.14. The predicted molar refractivity (Wildman–Crippen MR) is 107 cm³/mol. The maximum Gasteiger partial charge on any atom is 0.247 e. The number of rotatable bonds is 4. The lowest BCUT2D eigenvalue weighted by Crippen LogP contribution is -2.31. The Bertz CT molecular complexity index is 910. The van der Waals surface area contributed by atoms with Crippen LogP contribution in [0, 0.1) is 0 Å². The van der Waals surface area contributed by atoms with Crippen LogP contribution in [-0.2, 0) is 9.59 Å². The minimum atomic E-state index is -0.620. The Morgan fingerprint density at radius 2 is 1.78 bits per heavy atom. The highest BCUT2D eigenvalue weighted by atomic mass is 32.2. The molecule has 1 heterocycles. The average Bonchev–Trinajstić information content (AvgIpc) is 2.94. The van der Waals surface area contributed by atoms with Crippen molar-refractivity contribution in [1.82, 2.24) is 0 Å². The van der Waals surface area contributed by atoms with E-state index < -0.39 is 5.25 Å². The number of carbonyl (C=O) groups excluding carboxylic acids is 2. The Hall–Kier alpha value is -3.13. The van der Waals surface area contributed by atoms with Gasteiger partial charge in [0, 0.05) is 6.42 Å². The molecular formula is C19H18N4O3S. The first-order valence-corrected chi connectivity index (χ1v) is 9.09. The Morgan fingerprint density at radius 1 is 1.11 bits per heavy atom. The van der Waals surface area contributed by atoms with E-state index in [0.717, 1.165) is 17.3 Å². The van der Waals surface area contributed by atoms with Crippen molar-refractivity contribution in [2.24, 2.45) is 15.9 Å². The molecule has 0 unspecified atom stereocenters. The maximum absolute atomic E-state index is 12.6. The van der Waals surface area contributed by atoms with Crippen LogP contribution < -0.4 is 10.6 Å². The lowest BCUT2D eigenvalue weighted by molar-refractivity contribution is -0.121. The van der Waals surface area contributed by atoms with E-state index in [-0.39, 0.29) is 29.2 Å². The van der Waals surface area contributed by atoms with Crippen molar-refractivity contribution in [3.63, 3.8) is 0 Å². The number of phenols is 1. The molecule has 1 aliphatic heterocycles. The molecule has 2 amide bonds. The van der Waals surface area contributed by atoms with Crippen molar-refractivity contribution in [2.75, 3.05) is 4.90 Å². The third-order valence-electron chi connectivity index (χ3n) is 3.97. The van der Waals surface area contributed by atoms with Gasteiger partial charge in [0.15, 0.2) is 5.17 Å². The first kappa shape index (κ1) is 18.7. The quantitative estimate of drug-likeness (QED) is 0.365. The molecule has 0 aliphatic carbocycles. The van der Waals surface area contributed by atoms with Gasteiger partial charge in [-0.2, -0.15) is 5.10 Å². The molecule has 0 spiro atoms. The summed E-state index contributed by atoms with van der Waals surface area (Å²) in [5.41, 5.74) is 7.83. The number of para-hydroxylation sites is 1. The highest BCUT2D eigenvalue weighted by molar-refractivity contribution is 8.14. The van der Waals surface area contributed by atoms with Crippen LogP contribution in [-0.4, -0.2) is 33.1 Å². The fraction of sp³-hybridized carbons (Fsp3) is 0.158. The van der Waals surface area contributed by atoms with Crippen LogP contribution >= 0.6 is 11.8 Å². The molecule has 2 aromatic rings. The van der Waals surface area contributed by atoms with Gasteiger partial charge in [0.1, 0.15) is 11.0 Å². The van der Waals surface area contributed by atoms with Gasteiger partial charge in [-0.25, -0.2) is 4.90 Å². The summed E-state index contributed by atoms with van der Waals surface area (Å²) in [4.78, 5) is 26.0. The molecule has 0 radical (unpaired) electrons. The molecule has 7 nitrogen and oxygen atoms in total. The van der Waals surface area contributed by atoms with Crippen molar-refractivity contribution in [3.05, 3.63) is 60.2 Å². The second kappa shape index (κ2) is 8.05. The summed E-state index contributed by atoms with van der Waals surface area (Å²) in [5.74, 6) is -0.411. The Labute approximate surface area is 160 Å². The smallest absolute Gasteiger partial charge is 0.247 e. The van der Waals surface area contributed by atoms with Crippen LogP contribution in [0.25, 0.3) is 0 Å². The van der Waals surface area contributed by atoms with Gasteiger partial charge in [-0.3, -0.25) is 9.59 Å². The fourth-order valence-corrected chi connectivity index (χ4v) is 3.41. The summed E-state index contributed by atoms with van der Waals surface area (Å²) in [5, 5.41) is 16.8. The minimum Gasteiger partial charge on any atom is -0.508 e. The normalized spacial score (nSPS) is 18.3. The number of thioether (sulfide) groups is 1. The van der Waals surface area contributed by atoms with Gasteiger partial charge in [-0.15, -0.1) is 5.10 Å². The van der Waals surface area contributed by atoms with Gasteiger partial charge in [0.05, 0.1) is 11.4 Å². The molecular weight excluding hydrogens is 364 g/mol. The second-order valence-corrected chi connectivity index (χ2v) is 7.11. The molecule has 1 aliphatic rings. The molecule has 0 aromatic heterocycles. The number of aromatic hydroxyl groups is 1. The third-order valence-corrected chi connectivity index (χ3v) is 4.94. The van der Waals surface area contributed by atoms with Crippen molar-refractivity contribution in [2.45, 2.75) is 18.6 Å². The number of anilines is 1. The van der Waals surface area contributed by atoms with Gasteiger partial charge in [-0.1, -0.05) is 30.0 Å². The maximum atomic E-state index is 12.6. The molecule has 1 fully saturated rings. The van der Waals surface area contributed by atoms with Crippen LogP contribution in [0.4, 0.5) is 5.69 Å². The van der Waals surface area contributed by atoms with E-state index >= 15 is 0 Å². The van der Waals surface area contributed by atoms with Crippen LogP contribution in [0.2, 0.25) is 0 Å². The topological polar surface area (TPSA) is 108 Å². The standard InChI is InChI=1S/C19H18N4O3S/c1-12(13-7-9-15(24)10-8-13)21-22-19(20)27-16-11-17(25)23(18(16)26)14-5-3-2-4-6-14/h2-10,16,24H,11H2,1H3,(H2,20,22)/b21-12-/t16-/m1/s1. The summed E-state index contributed by atoms with van der Waals surface area (Å²) >= 11 is 1.03. The van der Waals surface area contributed by atoms with E-state index in [9.17, 15) is 14.7 Å². The summed E-state index contributed by atoms with van der Waals surface area (Å²) in [7, 11) is 0. The number of nitrogens with two attached hydrogens (primary N) is 1.